The van der Waals surface area contributed by atoms with Crippen molar-refractivity contribution < 1.29 is 14.3 Å². The van der Waals surface area contributed by atoms with E-state index in [1.54, 1.807) is 6.92 Å². The Morgan fingerprint density at radius 2 is 1.84 bits per heavy atom. The molecule has 2 atom stereocenters. The standard InChI is InChI=1S/C28H26N6O3/c1-4-22(35)32-17(3)28(36)33-21-14-34-25(16(21)2)23(24-26(29)30-15-31-27(24)34)18-10-12-20(13-11-18)37-19-8-6-5-7-9-19/h4-13,15,17,21H,1-2,14H2,3H3,(H,32,35)(H,33,36)(H2,29,30,31)/t17-,21?/m0/s1. The highest BCUT2D eigenvalue weighted by molar-refractivity contribution is 6.07. The molecule has 0 radical (unpaired) electrons. The van der Waals surface area contributed by atoms with Gasteiger partial charge in [0.25, 0.3) is 0 Å². The number of nitrogens with one attached hydrogen (secondary N) is 2. The van der Waals surface area contributed by atoms with Gasteiger partial charge in [0.2, 0.25) is 11.8 Å². The summed E-state index contributed by atoms with van der Waals surface area (Å²) >= 11 is 0. The fourth-order valence-corrected chi connectivity index (χ4v) is 4.53. The zero-order chi connectivity index (χ0) is 26.1. The first-order valence-electron chi connectivity index (χ1n) is 11.8. The number of nitrogens with zero attached hydrogens (tertiary/aromatic N) is 3. The average molecular weight is 495 g/mol. The normalized spacial score (nSPS) is 15.2. The zero-order valence-corrected chi connectivity index (χ0v) is 20.3. The predicted octanol–water partition coefficient (Wildman–Crippen LogP) is 3.68. The molecule has 5 rings (SSSR count). The van der Waals surface area contributed by atoms with E-state index >= 15 is 0 Å². The molecule has 3 heterocycles. The van der Waals surface area contributed by atoms with E-state index in [2.05, 4.69) is 33.8 Å². The highest BCUT2D eigenvalue weighted by Crippen LogP contribution is 2.44. The van der Waals surface area contributed by atoms with Gasteiger partial charge < -0.3 is 25.7 Å². The van der Waals surface area contributed by atoms with Gasteiger partial charge in [0.15, 0.2) is 0 Å². The van der Waals surface area contributed by atoms with E-state index in [9.17, 15) is 9.59 Å². The van der Waals surface area contributed by atoms with Gasteiger partial charge in [0, 0.05) is 12.1 Å². The van der Waals surface area contributed by atoms with Crippen LogP contribution in [0.3, 0.4) is 0 Å². The molecule has 2 aromatic carbocycles. The summed E-state index contributed by atoms with van der Waals surface area (Å²) in [5, 5.41) is 6.29. The van der Waals surface area contributed by atoms with Crippen LogP contribution < -0.4 is 21.1 Å². The van der Waals surface area contributed by atoms with Crippen LogP contribution in [0.4, 0.5) is 5.82 Å². The van der Waals surface area contributed by atoms with Crippen LogP contribution in [0.2, 0.25) is 0 Å². The van der Waals surface area contributed by atoms with Crippen LogP contribution in [0, 0.1) is 0 Å². The predicted molar refractivity (Wildman–Crippen MR) is 143 cm³/mol. The second-order valence-corrected chi connectivity index (χ2v) is 8.75. The molecule has 4 aromatic rings. The van der Waals surface area contributed by atoms with Gasteiger partial charge in [-0.1, -0.05) is 43.5 Å². The third-order valence-corrected chi connectivity index (χ3v) is 6.33. The number of para-hydroxylation sites is 1. The van der Waals surface area contributed by atoms with Crippen molar-refractivity contribution in [1.82, 2.24) is 25.2 Å². The van der Waals surface area contributed by atoms with Gasteiger partial charge in [-0.25, -0.2) is 9.97 Å². The molecule has 9 heteroatoms. The van der Waals surface area contributed by atoms with Crippen LogP contribution >= 0.6 is 0 Å². The molecule has 1 aliphatic heterocycles. The van der Waals surface area contributed by atoms with Gasteiger partial charge in [-0.2, -0.15) is 0 Å². The second-order valence-electron chi connectivity index (χ2n) is 8.75. The van der Waals surface area contributed by atoms with Crippen LogP contribution in [0.1, 0.15) is 12.6 Å². The lowest BCUT2D eigenvalue weighted by molar-refractivity contribution is -0.126. The summed E-state index contributed by atoms with van der Waals surface area (Å²) in [4.78, 5) is 33.1. The maximum absolute atomic E-state index is 12.8. The Morgan fingerprint density at radius 1 is 1.14 bits per heavy atom. The van der Waals surface area contributed by atoms with Crippen molar-refractivity contribution in [3.63, 3.8) is 0 Å². The van der Waals surface area contributed by atoms with Gasteiger partial charge in [0.05, 0.1) is 17.1 Å². The first kappa shape index (κ1) is 23.8. The molecule has 37 heavy (non-hydrogen) atoms. The summed E-state index contributed by atoms with van der Waals surface area (Å²) in [7, 11) is 0. The molecule has 2 amide bonds. The monoisotopic (exact) mass is 494 g/mol. The number of ether oxygens (including phenoxy) is 1. The summed E-state index contributed by atoms with van der Waals surface area (Å²) in [5.41, 5.74) is 10.2. The largest absolute Gasteiger partial charge is 0.457 e. The number of nitrogen functional groups attached to an aromatic ring is 1. The minimum absolute atomic E-state index is 0.325. The molecular weight excluding hydrogens is 468 g/mol. The number of aromatic nitrogens is 3. The molecule has 9 nitrogen and oxygen atoms in total. The van der Waals surface area contributed by atoms with Gasteiger partial charge in [0.1, 0.15) is 35.3 Å². The SMILES string of the molecule is C=CC(=O)N[C@@H](C)C(=O)NC1Cn2c(c(-c3ccc(Oc4ccccc4)cc3)c3c(N)ncnc32)C1=C. The van der Waals surface area contributed by atoms with E-state index < -0.39 is 11.9 Å². The molecule has 0 fully saturated rings. The highest BCUT2D eigenvalue weighted by Gasteiger charge is 2.34. The maximum atomic E-state index is 12.8. The molecule has 0 saturated heterocycles. The van der Waals surface area contributed by atoms with E-state index in [1.807, 2.05) is 59.2 Å². The Morgan fingerprint density at radius 3 is 2.54 bits per heavy atom. The van der Waals surface area contributed by atoms with Gasteiger partial charge >= 0.3 is 0 Å². The van der Waals surface area contributed by atoms with E-state index in [-0.39, 0.29) is 11.9 Å². The topological polar surface area (TPSA) is 124 Å². The van der Waals surface area contributed by atoms with Crippen molar-refractivity contribution in [2.45, 2.75) is 25.6 Å². The zero-order valence-electron chi connectivity index (χ0n) is 20.3. The molecule has 1 aliphatic rings. The van der Waals surface area contributed by atoms with Crippen LogP contribution in [-0.4, -0.2) is 38.4 Å². The molecular formula is C28H26N6O3. The lowest BCUT2D eigenvalue weighted by Gasteiger charge is -2.18. The van der Waals surface area contributed by atoms with E-state index in [4.69, 9.17) is 10.5 Å². The molecule has 4 N–H and O–H groups in total. The number of rotatable bonds is 7. The summed E-state index contributed by atoms with van der Waals surface area (Å²) in [6, 6.07) is 16.1. The van der Waals surface area contributed by atoms with Crippen LogP contribution in [0.15, 0.2) is 80.2 Å². The lowest BCUT2D eigenvalue weighted by Crippen LogP contribution is -2.47. The lowest BCUT2D eigenvalue weighted by atomic mass is 9.97. The van der Waals surface area contributed by atoms with E-state index in [1.165, 1.54) is 6.33 Å². The van der Waals surface area contributed by atoms with Crippen molar-refractivity contribution in [1.29, 1.82) is 0 Å². The van der Waals surface area contributed by atoms with Gasteiger partial charge in [-0.3, -0.25) is 9.59 Å². The van der Waals surface area contributed by atoms with Crippen molar-refractivity contribution >= 4 is 34.2 Å². The number of fused-ring (bicyclic) bond motifs is 3. The fourth-order valence-electron chi connectivity index (χ4n) is 4.53. The number of anilines is 1. The summed E-state index contributed by atoms with van der Waals surface area (Å²) in [5.74, 6) is 1.06. The number of hydrogen-bond acceptors (Lipinski definition) is 6. The van der Waals surface area contributed by atoms with Crippen LogP contribution in [-0.2, 0) is 16.1 Å². The summed E-state index contributed by atoms with van der Waals surface area (Å²) in [6.45, 7) is 9.75. The molecule has 0 spiro atoms. The summed E-state index contributed by atoms with van der Waals surface area (Å²) < 4.78 is 7.94. The number of benzene rings is 2. The molecule has 2 aromatic heterocycles. The van der Waals surface area contributed by atoms with Gasteiger partial charge in [-0.15, -0.1) is 0 Å². The third kappa shape index (κ3) is 4.42. The second kappa shape index (κ2) is 9.62. The van der Waals surface area contributed by atoms with Crippen LogP contribution in [0.25, 0.3) is 27.7 Å². The Bertz CT molecular complexity index is 1530. The molecule has 0 bridgehead atoms. The Kier molecular flexibility index (Phi) is 6.19. The van der Waals surface area contributed by atoms with Crippen molar-refractivity contribution in [2.75, 3.05) is 5.73 Å². The minimum atomic E-state index is -0.732. The average Bonchev–Trinajstić information content (AvgIpc) is 3.40. The van der Waals surface area contributed by atoms with E-state index in [0.29, 0.717) is 29.3 Å². The number of hydrogen-bond donors (Lipinski definition) is 3. The molecule has 0 saturated carbocycles. The number of nitrogens with two attached hydrogens (primary N) is 1. The first-order chi connectivity index (χ1) is 17.9. The number of carbonyl (C=O) groups is 2. The van der Waals surface area contributed by atoms with Crippen molar-refractivity contribution in [3.8, 4) is 22.6 Å². The number of amides is 2. The van der Waals surface area contributed by atoms with Crippen molar-refractivity contribution in [3.05, 3.63) is 85.9 Å². The number of carbonyl (C=O) groups excluding carboxylic acids is 2. The Balaban J connectivity index is 1.48. The van der Waals surface area contributed by atoms with E-state index in [0.717, 1.165) is 34.0 Å². The highest BCUT2D eigenvalue weighted by atomic mass is 16.5. The fraction of sp³-hybridized carbons (Fsp3) is 0.143. The minimum Gasteiger partial charge on any atom is -0.457 e. The van der Waals surface area contributed by atoms with Gasteiger partial charge in [-0.05, 0) is 48.4 Å². The van der Waals surface area contributed by atoms with Crippen LogP contribution in [0.5, 0.6) is 11.5 Å². The smallest absolute Gasteiger partial charge is 0.244 e. The Hall–Kier alpha value is -4.92. The third-order valence-electron chi connectivity index (χ3n) is 6.33. The Labute approximate surface area is 213 Å². The maximum Gasteiger partial charge on any atom is 0.244 e. The molecule has 0 aliphatic carbocycles. The molecule has 1 unspecified atom stereocenters. The van der Waals surface area contributed by atoms with Crippen molar-refractivity contribution in [2.24, 2.45) is 0 Å². The first-order valence-corrected chi connectivity index (χ1v) is 11.8. The summed E-state index contributed by atoms with van der Waals surface area (Å²) in [6.07, 6.45) is 2.55. The quantitative estimate of drug-likeness (QED) is 0.337. The molecule has 186 valence electrons.